The summed E-state index contributed by atoms with van der Waals surface area (Å²) in [6.07, 6.45) is -0.758. The molecule has 0 aliphatic heterocycles. The highest BCUT2D eigenvalue weighted by Gasteiger charge is 2.18. The third-order valence-corrected chi connectivity index (χ3v) is 3.23. The summed E-state index contributed by atoms with van der Waals surface area (Å²) in [4.78, 5) is 0. The van der Waals surface area contributed by atoms with E-state index in [9.17, 15) is 5.11 Å². The molecule has 0 aromatic heterocycles. The third-order valence-electron chi connectivity index (χ3n) is 2.99. The second-order valence-electron chi connectivity index (χ2n) is 4.44. The second kappa shape index (κ2) is 5.53. The molecule has 2 aromatic rings. The molecule has 0 saturated heterocycles. The van der Waals surface area contributed by atoms with E-state index in [4.69, 9.17) is 17.3 Å². The van der Waals surface area contributed by atoms with E-state index < -0.39 is 12.1 Å². The fraction of sp³-hybridized carbons (Fsp3) is 0.200. The van der Waals surface area contributed by atoms with Gasteiger partial charge in [0, 0.05) is 5.02 Å². The smallest absolute Gasteiger partial charge is 0.0983 e. The predicted octanol–water partition coefficient (Wildman–Crippen LogP) is 3.38. The molecule has 0 saturated carbocycles. The second-order valence-corrected chi connectivity index (χ2v) is 4.87. The third kappa shape index (κ3) is 2.91. The number of nitrogens with two attached hydrogens (primary N) is 1. The number of benzene rings is 2. The van der Waals surface area contributed by atoms with Crippen LogP contribution in [0.1, 0.15) is 28.8 Å². The predicted molar refractivity (Wildman–Crippen MR) is 74.5 cm³/mol. The zero-order valence-corrected chi connectivity index (χ0v) is 10.9. The van der Waals surface area contributed by atoms with Gasteiger partial charge in [0.15, 0.2) is 0 Å². The van der Waals surface area contributed by atoms with Crippen LogP contribution in [0.3, 0.4) is 0 Å². The monoisotopic (exact) mass is 261 g/mol. The van der Waals surface area contributed by atoms with Crippen LogP contribution in [-0.4, -0.2) is 5.11 Å². The molecule has 0 bridgehead atoms. The van der Waals surface area contributed by atoms with E-state index in [1.807, 2.05) is 43.3 Å². The van der Waals surface area contributed by atoms with Crippen molar-refractivity contribution < 1.29 is 5.11 Å². The average molecular weight is 262 g/mol. The van der Waals surface area contributed by atoms with Crippen LogP contribution in [0.25, 0.3) is 0 Å². The van der Waals surface area contributed by atoms with Crippen LogP contribution in [0.5, 0.6) is 0 Å². The van der Waals surface area contributed by atoms with Gasteiger partial charge in [-0.15, -0.1) is 0 Å². The van der Waals surface area contributed by atoms with E-state index in [0.29, 0.717) is 5.02 Å². The maximum absolute atomic E-state index is 10.3. The van der Waals surface area contributed by atoms with Gasteiger partial charge in [-0.2, -0.15) is 0 Å². The summed E-state index contributed by atoms with van der Waals surface area (Å²) >= 11 is 5.91. The minimum absolute atomic E-state index is 0.455. The highest BCUT2D eigenvalue weighted by molar-refractivity contribution is 6.30. The molecule has 0 unspecified atom stereocenters. The fourth-order valence-corrected chi connectivity index (χ4v) is 2.07. The van der Waals surface area contributed by atoms with Crippen molar-refractivity contribution >= 4 is 11.6 Å². The molecule has 3 heteroatoms. The number of halogens is 1. The zero-order chi connectivity index (χ0) is 13.1. The Hall–Kier alpha value is -1.35. The topological polar surface area (TPSA) is 46.2 Å². The number of rotatable bonds is 3. The number of hydrogen-bond donors (Lipinski definition) is 2. The lowest BCUT2D eigenvalue weighted by molar-refractivity contribution is 0.147. The van der Waals surface area contributed by atoms with Crippen LogP contribution >= 0.6 is 11.6 Å². The maximum Gasteiger partial charge on any atom is 0.0983 e. The standard InChI is InChI=1S/C15H16ClNO/c1-10-5-7-11(8-6-10)14(17)15(18)12-3-2-4-13(16)9-12/h2-9,14-15,18H,17H2,1H3/t14-,15-/m1/s1. The maximum atomic E-state index is 10.3. The Morgan fingerprint density at radius 3 is 2.33 bits per heavy atom. The van der Waals surface area contributed by atoms with Crippen LogP contribution in [0.15, 0.2) is 48.5 Å². The molecule has 0 heterocycles. The molecular weight excluding hydrogens is 246 g/mol. The molecule has 94 valence electrons. The van der Waals surface area contributed by atoms with Crippen molar-refractivity contribution in [2.45, 2.75) is 19.1 Å². The number of aliphatic hydroxyl groups excluding tert-OH is 1. The van der Waals surface area contributed by atoms with Crippen LogP contribution in [-0.2, 0) is 0 Å². The Balaban J connectivity index is 2.23. The van der Waals surface area contributed by atoms with Crippen LogP contribution in [0.4, 0.5) is 0 Å². The molecule has 3 N–H and O–H groups in total. The lowest BCUT2D eigenvalue weighted by Gasteiger charge is -2.20. The van der Waals surface area contributed by atoms with E-state index in [2.05, 4.69) is 0 Å². The molecule has 2 aromatic carbocycles. The fourth-order valence-electron chi connectivity index (χ4n) is 1.87. The molecule has 2 nitrogen and oxygen atoms in total. The number of aryl methyl sites for hydroxylation is 1. The Morgan fingerprint density at radius 1 is 1.06 bits per heavy atom. The molecule has 0 fully saturated rings. The minimum atomic E-state index is -0.758. The first-order valence-corrected chi connectivity index (χ1v) is 6.21. The molecule has 0 radical (unpaired) electrons. The molecule has 18 heavy (non-hydrogen) atoms. The minimum Gasteiger partial charge on any atom is -0.386 e. The first kappa shape index (κ1) is 13.1. The van der Waals surface area contributed by atoms with E-state index in [1.165, 1.54) is 5.56 Å². The summed E-state index contributed by atoms with van der Waals surface area (Å²) in [6, 6.07) is 14.5. The van der Waals surface area contributed by atoms with E-state index in [-0.39, 0.29) is 0 Å². The van der Waals surface area contributed by atoms with Crippen LogP contribution in [0.2, 0.25) is 5.02 Å². The van der Waals surface area contributed by atoms with Gasteiger partial charge in [-0.05, 0) is 30.2 Å². The Labute approximate surface area is 112 Å². The van der Waals surface area contributed by atoms with E-state index in [1.54, 1.807) is 12.1 Å². The van der Waals surface area contributed by atoms with Crippen molar-refractivity contribution in [1.29, 1.82) is 0 Å². The molecule has 0 aliphatic carbocycles. The summed E-state index contributed by atoms with van der Waals surface area (Å²) in [5.74, 6) is 0. The average Bonchev–Trinajstić information content (AvgIpc) is 2.38. The van der Waals surface area contributed by atoms with Crippen LogP contribution in [0, 0.1) is 6.92 Å². The number of hydrogen-bond acceptors (Lipinski definition) is 2. The van der Waals surface area contributed by atoms with Crippen molar-refractivity contribution in [2.75, 3.05) is 0 Å². The van der Waals surface area contributed by atoms with Gasteiger partial charge < -0.3 is 10.8 Å². The van der Waals surface area contributed by atoms with Gasteiger partial charge in [0.05, 0.1) is 12.1 Å². The molecule has 2 atom stereocenters. The van der Waals surface area contributed by atoms with Crippen molar-refractivity contribution in [2.24, 2.45) is 5.73 Å². The Bertz CT molecular complexity index is 524. The normalized spacial score (nSPS) is 14.2. The summed E-state index contributed by atoms with van der Waals surface area (Å²) in [6.45, 7) is 2.02. The van der Waals surface area contributed by atoms with Gasteiger partial charge >= 0.3 is 0 Å². The first-order chi connectivity index (χ1) is 8.58. The lowest BCUT2D eigenvalue weighted by Crippen LogP contribution is -2.19. The molecule has 0 amide bonds. The first-order valence-electron chi connectivity index (χ1n) is 5.83. The highest BCUT2D eigenvalue weighted by Crippen LogP contribution is 2.28. The summed E-state index contributed by atoms with van der Waals surface area (Å²) in [5, 5.41) is 10.9. The highest BCUT2D eigenvalue weighted by atomic mass is 35.5. The molecule has 0 aliphatic rings. The number of aliphatic hydroxyl groups is 1. The summed E-state index contributed by atoms with van der Waals surface area (Å²) in [7, 11) is 0. The Morgan fingerprint density at radius 2 is 1.72 bits per heavy atom. The van der Waals surface area contributed by atoms with E-state index in [0.717, 1.165) is 11.1 Å². The zero-order valence-electron chi connectivity index (χ0n) is 10.2. The molecular formula is C15H16ClNO. The van der Waals surface area contributed by atoms with Gasteiger partial charge in [0.2, 0.25) is 0 Å². The largest absolute Gasteiger partial charge is 0.386 e. The summed E-state index contributed by atoms with van der Waals surface area (Å²) in [5.41, 5.74) is 8.89. The lowest BCUT2D eigenvalue weighted by atomic mass is 9.96. The van der Waals surface area contributed by atoms with Crippen molar-refractivity contribution in [3.63, 3.8) is 0 Å². The quantitative estimate of drug-likeness (QED) is 0.890. The van der Waals surface area contributed by atoms with Gasteiger partial charge in [0.1, 0.15) is 0 Å². The SMILES string of the molecule is Cc1ccc([C@@H](N)[C@H](O)c2cccc(Cl)c2)cc1. The molecule has 0 spiro atoms. The van der Waals surface area contributed by atoms with Gasteiger partial charge in [-0.25, -0.2) is 0 Å². The van der Waals surface area contributed by atoms with Gasteiger partial charge in [-0.1, -0.05) is 53.6 Å². The summed E-state index contributed by atoms with van der Waals surface area (Å²) < 4.78 is 0. The van der Waals surface area contributed by atoms with Crippen molar-refractivity contribution in [1.82, 2.24) is 0 Å². The van der Waals surface area contributed by atoms with Crippen molar-refractivity contribution in [3.8, 4) is 0 Å². The van der Waals surface area contributed by atoms with Crippen molar-refractivity contribution in [3.05, 3.63) is 70.2 Å². The molecule has 2 rings (SSSR count). The Kier molecular flexibility index (Phi) is 4.02. The van der Waals surface area contributed by atoms with Gasteiger partial charge in [-0.3, -0.25) is 0 Å². The van der Waals surface area contributed by atoms with Crippen LogP contribution < -0.4 is 5.73 Å². The van der Waals surface area contributed by atoms with E-state index >= 15 is 0 Å². The van der Waals surface area contributed by atoms with Gasteiger partial charge in [0.25, 0.3) is 0 Å².